The molecule has 8 heteroatoms. The predicted molar refractivity (Wildman–Crippen MR) is 136 cm³/mol. The molecule has 2 aromatic rings. The maximum absolute atomic E-state index is 12.7. The van der Waals surface area contributed by atoms with Crippen LogP contribution in [0.2, 0.25) is 5.02 Å². The molecule has 2 N–H and O–H groups in total. The molecule has 2 atom stereocenters. The number of aliphatic hydroxyl groups excluding tert-OH is 1. The molecule has 1 amide bonds. The Morgan fingerprint density at radius 2 is 1.71 bits per heavy atom. The molecule has 0 saturated carbocycles. The highest BCUT2D eigenvalue weighted by molar-refractivity contribution is 6.32. The van der Waals surface area contributed by atoms with Crippen LogP contribution in [0.1, 0.15) is 60.6 Å². The molecule has 1 fully saturated rings. The maximum atomic E-state index is 12.7. The lowest BCUT2D eigenvalue weighted by Crippen LogP contribution is -2.46. The molecule has 0 bridgehead atoms. The van der Waals surface area contributed by atoms with Crippen LogP contribution in [0.4, 0.5) is 0 Å². The van der Waals surface area contributed by atoms with Crippen LogP contribution in [0.3, 0.4) is 0 Å². The van der Waals surface area contributed by atoms with E-state index in [9.17, 15) is 14.7 Å². The first-order chi connectivity index (χ1) is 16.9. The van der Waals surface area contributed by atoms with Crippen molar-refractivity contribution in [3.63, 3.8) is 0 Å². The molecule has 3 rings (SSSR count). The highest BCUT2D eigenvalue weighted by atomic mass is 35.5. The van der Waals surface area contributed by atoms with Crippen molar-refractivity contribution >= 4 is 23.3 Å². The van der Waals surface area contributed by atoms with Gasteiger partial charge in [0.2, 0.25) is 5.91 Å². The van der Waals surface area contributed by atoms with Gasteiger partial charge in [-0.2, -0.15) is 0 Å². The molecule has 1 heterocycles. The number of likely N-dealkylation sites (tertiary alicyclic amines) is 1. The minimum absolute atomic E-state index is 0.0479. The van der Waals surface area contributed by atoms with Crippen molar-refractivity contribution < 1.29 is 24.2 Å². The fourth-order valence-electron chi connectivity index (χ4n) is 4.34. The first-order valence-corrected chi connectivity index (χ1v) is 12.5. The van der Waals surface area contributed by atoms with Crippen molar-refractivity contribution in [1.82, 2.24) is 10.2 Å². The molecule has 2 aromatic carbocycles. The second-order valence-corrected chi connectivity index (χ2v) is 9.29. The number of unbranched alkanes of at least 4 members (excludes halogenated alkanes) is 1. The zero-order valence-corrected chi connectivity index (χ0v) is 21.2. The van der Waals surface area contributed by atoms with Gasteiger partial charge in [-0.3, -0.25) is 9.59 Å². The highest BCUT2D eigenvalue weighted by Gasteiger charge is 2.27. The molecular weight excluding hydrogens is 468 g/mol. The topological polar surface area (TPSA) is 88.1 Å². The van der Waals surface area contributed by atoms with Crippen molar-refractivity contribution in [3.05, 3.63) is 58.6 Å². The average Bonchev–Trinajstić information content (AvgIpc) is 3.39. The quantitative estimate of drug-likeness (QED) is 0.311. The Morgan fingerprint density at radius 1 is 1.03 bits per heavy atom. The summed E-state index contributed by atoms with van der Waals surface area (Å²) in [6.07, 6.45) is 3.22. The third-order valence-corrected chi connectivity index (χ3v) is 6.66. The zero-order chi connectivity index (χ0) is 25.2. The summed E-state index contributed by atoms with van der Waals surface area (Å²) in [5.74, 6) is 1.16. The van der Waals surface area contributed by atoms with Gasteiger partial charge in [0, 0.05) is 24.9 Å². The maximum Gasteiger partial charge on any atom is 0.220 e. The molecule has 1 saturated heterocycles. The van der Waals surface area contributed by atoms with E-state index in [2.05, 4.69) is 10.2 Å². The van der Waals surface area contributed by atoms with E-state index in [0.29, 0.717) is 59.9 Å². The van der Waals surface area contributed by atoms with E-state index in [0.717, 1.165) is 25.9 Å². The van der Waals surface area contributed by atoms with E-state index in [1.165, 1.54) is 7.11 Å². The number of benzene rings is 2. The number of nitrogens with one attached hydrogen (secondary N) is 1. The van der Waals surface area contributed by atoms with E-state index < -0.39 is 12.1 Å². The van der Waals surface area contributed by atoms with Crippen molar-refractivity contribution in [3.8, 4) is 11.5 Å². The molecular formula is C27H35ClN2O5. The van der Waals surface area contributed by atoms with Crippen molar-refractivity contribution in [2.24, 2.45) is 0 Å². The standard InChI is InChI=1S/C27H35ClN2O5/c1-34-21-12-9-19(10-13-21)24(31)7-3-4-8-26(32)29-23(18-30-15-5-6-16-30)27(33)20-11-14-25(35-2)22(28)17-20/h9-14,17,23,27,33H,3-8,15-16,18H2,1-2H3,(H,29,32)/t23-,27-/m1/s1. The lowest BCUT2D eigenvalue weighted by atomic mass is 10.0. The van der Waals surface area contributed by atoms with Gasteiger partial charge in [0.25, 0.3) is 0 Å². The number of methoxy groups -OCH3 is 2. The predicted octanol–water partition coefficient (Wildman–Crippen LogP) is 4.41. The minimum Gasteiger partial charge on any atom is -0.497 e. The molecule has 0 unspecified atom stereocenters. The van der Waals surface area contributed by atoms with Crippen molar-refractivity contribution in [1.29, 1.82) is 0 Å². The summed E-state index contributed by atoms with van der Waals surface area (Å²) in [6.45, 7) is 2.47. The first kappa shape index (κ1) is 27.0. The lowest BCUT2D eigenvalue weighted by molar-refractivity contribution is -0.123. The number of Topliss-reactive ketones (excluding diaryl/α,β-unsaturated/α-hetero) is 1. The number of ether oxygens (including phenoxy) is 2. The van der Waals surface area contributed by atoms with Gasteiger partial charge >= 0.3 is 0 Å². The number of halogens is 1. The van der Waals surface area contributed by atoms with Crippen molar-refractivity contribution in [2.45, 2.75) is 50.7 Å². The Bertz CT molecular complexity index is 976. The van der Waals surface area contributed by atoms with Crippen LogP contribution in [-0.2, 0) is 4.79 Å². The van der Waals surface area contributed by atoms with Crippen LogP contribution < -0.4 is 14.8 Å². The number of nitrogens with zero attached hydrogens (tertiary/aromatic N) is 1. The van der Waals surface area contributed by atoms with Gasteiger partial charge in [-0.15, -0.1) is 0 Å². The number of amides is 1. The number of hydrogen-bond donors (Lipinski definition) is 2. The Hall–Kier alpha value is -2.61. The number of aliphatic hydroxyl groups is 1. The summed E-state index contributed by atoms with van der Waals surface area (Å²) in [5, 5.41) is 14.5. The third kappa shape index (κ3) is 7.95. The fraction of sp³-hybridized carbons (Fsp3) is 0.481. The fourth-order valence-corrected chi connectivity index (χ4v) is 4.60. The SMILES string of the molecule is COc1ccc(C(=O)CCCCC(=O)N[C@H](CN2CCCC2)[C@H](O)c2ccc(OC)c(Cl)c2)cc1. The largest absolute Gasteiger partial charge is 0.497 e. The molecule has 0 aliphatic carbocycles. The van der Waals surface area contributed by atoms with Crippen LogP contribution in [0.5, 0.6) is 11.5 Å². The number of carbonyl (C=O) groups excluding carboxylic acids is 2. The Kier molecular flexibility index (Phi) is 10.4. The summed E-state index contributed by atoms with van der Waals surface area (Å²) in [5.41, 5.74) is 1.27. The smallest absolute Gasteiger partial charge is 0.220 e. The summed E-state index contributed by atoms with van der Waals surface area (Å²) in [4.78, 5) is 27.4. The summed E-state index contributed by atoms with van der Waals surface area (Å²) >= 11 is 6.26. The van der Waals surface area contributed by atoms with Gasteiger partial charge < -0.3 is 24.8 Å². The van der Waals surface area contributed by atoms with E-state index >= 15 is 0 Å². The molecule has 0 spiro atoms. The van der Waals surface area contributed by atoms with E-state index in [-0.39, 0.29) is 11.7 Å². The summed E-state index contributed by atoms with van der Waals surface area (Å²) in [6, 6.07) is 11.7. The van der Waals surface area contributed by atoms with Crippen LogP contribution in [-0.4, -0.2) is 61.6 Å². The van der Waals surface area contributed by atoms with Gasteiger partial charge in [0.05, 0.1) is 25.3 Å². The number of ketones is 1. The number of carbonyl (C=O) groups is 2. The number of rotatable bonds is 13. The van der Waals surface area contributed by atoms with Crippen molar-refractivity contribution in [2.75, 3.05) is 33.9 Å². The van der Waals surface area contributed by atoms with Gasteiger partial charge in [0.1, 0.15) is 17.6 Å². The molecule has 35 heavy (non-hydrogen) atoms. The molecule has 190 valence electrons. The van der Waals surface area contributed by atoms with Gasteiger partial charge in [-0.05, 0) is 80.7 Å². The Morgan fingerprint density at radius 3 is 2.34 bits per heavy atom. The Labute approximate surface area is 212 Å². The summed E-state index contributed by atoms with van der Waals surface area (Å²) in [7, 11) is 3.13. The summed E-state index contributed by atoms with van der Waals surface area (Å²) < 4.78 is 10.3. The number of hydrogen-bond acceptors (Lipinski definition) is 6. The molecule has 7 nitrogen and oxygen atoms in total. The molecule has 1 aliphatic rings. The normalized spacial score (nSPS) is 15.4. The minimum atomic E-state index is -0.903. The van der Waals surface area contributed by atoms with E-state index in [1.807, 2.05) is 0 Å². The van der Waals surface area contributed by atoms with Crippen LogP contribution >= 0.6 is 11.6 Å². The molecule has 1 aliphatic heterocycles. The zero-order valence-electron chi connectivity index (χ0n) is 20.5. The third-order valence-electron chi connectivity index (χ3n) is 6.37. The van der Waals surface area contributed by atoms with Gasteiger partial charge in [-0.25, -0.2) is 0 Å². The average molecular weight is 503 g/mol. The molecule has 0 aromatic heterocycles. The first-order valence-electron chi connectivity index (χ1n) is 12.1. The molecule has 0 radical (unpaired) electrons. The Balaban J connectivity index is 1.52. The van der Waals surface area contributed by atoms with Gasteiger partial charge in [0.15, 0.2) is 5.78 Å². The highest BCUT2D eigenvalue weighted by Crippen LogP contribution is 2.29. The monoisotopic (exact) mass is 502 g/mol. The van der Waals surface area contributed by atoms with E-state index in [1.54, 1.807) is 49.6 Å². The van der Waals surface area contributed by atoms with Crippen LogP contribution in [0.25, 0.3) is 0 Å². The second-order valence-electron chi connectivity index (χ2n) is 8.88. The van der Waals surface area contributed by atoms with Crippen LogP contribution in [0.15, 0.2) is 42.5 Å². The van der Waals surface area contributed by atoms with E-state index in [4.69, 9.17) is 21.1 Å². The second kappa shape index (κ2) is 13.5. The lowest BCUT2D eigenvalue weighted by Gasteiger charge is -2.29. The van der Waals surface area contributed by atoms with Crippen LogP contribution in [0, 0.1) is 0 Å². The van der Waals surface area contributed by atoms with Gasteiger partial charge in [-0.1, -0.05) is 17.7 Å².